The summed E-state index contributed by atoms with van der Waals surface area (Å²) in [5.74, 6) is 1.34. The molecule has 0 radical (unpaired) electrons. The Morgan fingerprint density at radius 2 is 1.86 bits per heavy atom. The molecule has 0 atom stereocenters. The SMILES string of the molecule is Cc1cc(C2CC2)cnc1N1CCN(C(=O)c2ccc(N3CCOC3=O)cc2NS(C)(=O)=O)CC1. The third kappa shape index (κ3) is 5.04. The summed E-state index contributed by atoms with van der Waals surface area (Å²) in [6, 6.07) is 6.92. The number of cyclic esters (lactones) is 1. The van der Waals surface area contributed by atoms with E-state index in [-0.39, 0.29) is 23.8 Å². The number of ether oxygens (including phenoxy) is 1. The molecular weight excluding hydrogens is 470 g/mol. The van der Waals surface area contributed by atoms with Crippen molar-refractivity contribution in [2.45, 2.75) is 25.7 Å². The second-order valence-electron chi connectivity index (χ2n) is 9.33. The van der Waals surface area contributed by atoms with E-state index in [9.17, 15) is 18.0 Å². The van der Waals surface area contributed by atoms with Gasteiger partial charge in [0.2, 0.25) is 10.0 Å². The summed E-state index contributed by atoms with van der Waals surface area (Å²) in [6.45, 7) is 4.94. The number of aromatic nitrogens is 1. The summed E-state index contributed by atoms with van der Waals surface area (Å²) in [7, 11) is -3.64. The first-order valence-corrected chi connectivity index (χ1v) is 13.7. The van der Waals surface area contributed by atoms with Crippen molar-refractivity contribution < 1.29 is 22.7 Å². The van der Waals surface area contributed by atoms with Crippen LogP contribution in [0.4, 0.5) is 22.0 Å². The van der Waals surface area contributed by atoms with Gasteiger partial charge in [0.15, 0.2) is 0 Å². The van der Waals surface area contributed by atoms with Gasteiger partial charge in [0.1, 0.15) is 12.4 Å². The molecule has 1 aromatic heterocycles. The van der Waals surface area contributed by atoms with Crippen LogP contribution in [-0.4, -0.2) is 75.9 Å². The number of aryl methyl sites for hydroxylation is 1. The predicted molar refractivity (Wildman–Crippen MR) is 133 cm³/mol. The van der Waals surface area contributed by atoms with Gasteiger partial charge in [0.05, 0.1) is 24.1 Å². The number of hydrogen-bond acceptors (Lipinski definition) is 7. The molecule has 186 valence electrons. The second kappa shape index (κ2) is 9.03. The number of pyridine rings is 1. The highest BCUT2D eigenvalue weighted by Crippen LogP contribution is 2.40. The molecule has 10 nitrogen and oxygen atoms in total. The number of amides is 2. The molecule has 1 aromatic carbocycles. The third-order valence-electron chi connectivity index (χ3n) is 6.59. The summed E-state index contributed by atoms with van der Waals surface area (Å²) in [6.07, 6.45) is 4.97. The second-order valence-corrected chi connectivity index (χ2v) is 11.1. The zero-order chi connectivity index (χ0) is 24.7. The van der Waals surface area contributed by atoms with Gasteiger partial charge in [-0.25, -0.2) is 18.2 Å². The Morgan fingerprint density at radius 1 is 1.11 bits per heavy atom. The van der Waals surface area contributed by atoms with Crippen LogP contribution in [0.25, 0.3) is 0 Å². The lowest BCUT2D eigenvalue weighted by molar-refractivity contribution is 0.0747. The van der Waals surface area contributed by atoms with E-state index >= 15 is 0 Å². The molecule has 3 fully saturated rings. The van der Waals surface area contributed by atoms with Crippen LogP contribution >= 0.6 is 0 Å². The van der Waals surface area contributed by atoms with E-state index in [4.69, 9.17) is 9.72 Å². The quantitative estimate of drug-likeness (QED) is 0.650. The van der Waals surface area contributed by atoms with Gasteiger partial charge < -0.3 is 14.5 Å². The number of carbonyl (C=O) groups is 2. The highest BCUT2D eigenvalue weighted by atomic mass is 32.2. The largest absolute Gasteiger partial charge is 0.447 e. The van der Waals surface area contributed by atoms with Crippen molar-refractivity contribution in [1.29, 1.82) is 0 Å². The summed E-state index contributed by atoms with van der Waals surface area (Å²) < 4.78 is 31.4. The molecule has 0 spiro atoms. The van der Waals surface area contributed by atoms with Crippen LogP contribution in [0.15, 0.2) is 30.5 Å². The van der Waals surface area contributed by atoms with Gasteiger partial charge in [-0.15, -0.1) is 0 Å². The highest BCUT2D eigenvalue weighted by molar-refractivity contribution is 7.92. The Hall–Kier alpha value is -3.34. The number of nitrogens with zero attached hydrogens (tertiary/aromatic N) is 4. The smallest absolute Gasteiger partial charge is 0.414 e. The number of rotatable bonds is 6. The van der Waals surface area contributed by atoms with Crippen molar-refractivity contribution in [1.82, 2.24) is 9.88 Å². The molecule has 0 bridgehead atoms. The number of benzene rings is 1. The molecular formula is C24H29N5O5S. The van der Waals surface area contributed by atoms with Gasteiger partial charge in [-0.3, -0.25) is 14.4 Å². The van der Waals surface area contributed by atoms with Crippen LogP contribution in [0.1, 0.15) is 40.2 Å². The molecule has 1 saturated carbocycles. The number of sulfonamides is 1. The average Bonchev–Trinajstić information content (AvgIpc) is 3.58. The predicted octanol–water partition coefficient (Wildman–Crippen LogP) is 2.56. The molecule has 2 amide bonds. The maximum Gasteiger partial charge on any atom is 0.414 e. The Bertz CT molecular complexity index is 1270. The highest BCUT2D eigenvalue weighted by Gasteiger charge is 2.29. The maximum absolute atomic E-state index is 13.4. The molecule has 1 aliphatic carbocycles. The van der Waals surface area contributed by atoms with E-state index in [0.29, 0.717) is 44.3 Å². The molecule has 2 aliphatic heterocycles. The first kappa shape index (κ1) is 23.4. The van der Waals surface area contributed by atoms with Crippen LogP contribution in [0.3, 0.4) is 0 Å². The lowest BCUT2D eigenvalue weighted by Gasteiger charge is -2.36. The van der Waals surface area contributed by atoms with Gasteiger partial charge in [-0.05, 0) is 55.0 Å². The van der Waals surface area contributed by atoms with Gasteiger partial charge in [0.25, 0.3) is 5.91 Å². The topological polar surface area (TPSA) is 112 Å². The summed E-state index contributed by atoms with van der Waals surface area (Å²) in [5, 5.41) is 0. The van der Waals surface area contributed by atoms with Crippen molar-refractivity contribution in [2.24, 2.45) is 0 Å². The Morgan fingerprint density at radius 3 is 2.46 bits per heavy atom. The van der Waals surface area contributed by atoms with Crippen molar-refractivity contribution >= 4 is 39.2 Å². The molecule has 2 aromatic rings. The minimum absolute atomic E-state index is 0.144. The van der Waals surface area contributed by atoms with E-state index in [1.54, 1.807) is 17.0 Å². The van der Waals surface area contributed by atoms with Gasteiger partial charge in [0, 0.05) is 38.1 Å². The van der Waals surface area contributed by atoms with Crippen LogP contribution in [-0.2, 0) is 14.8 Å². The first-order chi connectivity index (χ1) is 16.7. The van der Waals surface area contributed by atoms with E-state index < -0.39 is 16.1 Å². The van der Waals surface area contributed by atoms with Crippen LogP contribution < -0.4 is 14.5 Å². The van der Waals surface area contributed by atoms with Crippen molar-refractivity contribution in [3.63, 3.8) is 0 Å². The molecule has 1 N–H and O–H groups in total. The standard InChI is InChI=1S/C24H29N5O5S/c1-16-13-18(17-3-4-17)15-25-22(16)27-7-9-28(10-8-27)23(30)20-6-5-19(29-11-12-34-24(29)31)14-21(20)26-35(2,32)33/h5-6,13-15,17,26H,3-4,7-12H2,1-2H3. The first-order valence-electron chi connectivity index (χ1n) is 11.8. The molecule has 2 saturated heterocycles. The number of piperazine rings is 1. The molecule has 11 heteroatoms. The molecule has 35 heavy (non-hydrogen) atoms. The molecule has 3 heterocycles. The van der Waals surface area contributed by atoms with E-state index in [0.717, 1.165) is 17.6 Å². The van der Waals surface area contributed by atoms with Crippen LogP contribution in [0, 0.1) is 6.92 Å². The minimum Gasteiger partial charge on any atom is -0.447 e. The van der Waals surface area contributed by atoms with Crippen molar-refractivity contribution in [2.75, 3.05) is 60.1 Å². The minimum atomic E-state index is -3.64. The normalized spacial score (nSPS) is 18.6. The van der Waals surface area contributed by atoms with Crippen molar-refractivity contribution in [3.8, 4) is 0 Å². The molecule has 3 aliphatic rings. The zero-order valence-corrected chi connectivity index (χ0v) is 20.7. The van der Waals surface area contributed by atoms with Gasteiger partial charge >= 0.3 is 6.09 Å². The number of hydrogen-bond donors (Lipinski definition) is 1. The van der Waals surface area contributed by atoms with Gasteiger partial charge in [-0.2, -0.15) is 0 Å². The summed E-state index contributed by atoms with van der Waals surface area (Å²) in [5.41, 5.74) is 3.30. The zero-order valence-electron chi connectivity index (χ0n) is 19.9. The van der Waals surface area contributed by atoms with E-state index in [1.165, 1.54) is 29.4 Å². The summed E-state index contributed by atoms with van der Waals surface area (Å²) >= 11 is 0. The molecule has 0 unspecified atom stereocenters. The average molecular weight is 500 g/mol. The number of carbonyl (C=O) groups excluding carboxylic acids is 2. The van der Waals surface area contributed by atoms with E-state index in [1.807, 2.05) is 6.20 Å². The Balaban J connectivity index is 1.32. The third-order valence-corrected chi connectivity index (χ3v) is 7.18. The number of anilines is 3. The number of nitrogens with one attached hydrogen (secondary N) is 1. The fourth-order valence-electron chi connectivity index (χ4n) is 4.65. The lowest BCUT2D eigenvalue weighted by atomic mass is 10.1. The lowest BCUT2D eigenvalue weighted by Crippen LogP contribution is -2.49. The van der Waals surface area contributed by atoms with Crippen LogP contribution in [0.2, 0.25) is 0 Å². The monoisotopic (exact) mass is 499 g/mol. The maximum atomic E-state index is 13.4. The summed E-state index contributed by atoms with van der Waals surface area (Å²) in [4.78, 5) is 35.4. The fourth-order valence-corrected chi connectivity index (χ4v) is 5.22. The van der Waals surface area contributed by atoms with E-state index in [2.05, 4.69) is 22.6 Å². The van der Waals surface area contributed by atoms with Crippen LogP contribution in [0.5, 0.6) is 0 Å². The van der Waals surface area contributed by atoms with Crippen molar-refractivity contribution in [3.05, 3.63) is 47.2 Å². The molecule has 5 rings (SSSR count). The van der Waals surface area contributed by atoms with Gasteiger partial charge in [-0.1, -0.05) is 6.07 Å². The fraction of sp³-hybridized carbons (Fsp3) is 0.458. The Labute approximate surface area is 204 Å². The Kier molecular flexibility index (Phi) is 6.04.